The minimum Gasteiger partial charge on any atom is -0.323 e. The predicted octanol–water partition coefficient (Wildman–Crippen LogP) is 3.93. The number of rotatable bonds is 6. The third-order valence-electron chi connectivity index (χ3n) is 7.02. The van der Waals surface area contributed by atoms with Crippen molar-refractivity contribution in [2.45, 2.75) is 48.7 Å². The van der Waals surface area contributed by atoms with E-state index in [1.807, 2.05) is 35.2 Å². The van der Waals surface area contributed by atoms with E-state index in [9.17, 15) is 13.2 Å². The maximum absolute atomic E-state index is 13.4. The van der Waals surface area contributed by atoms with Gasteiger partial charge in [-0.25, -0.2) is 8.42 Å². The van der Waals surface area contributed by atoms with Crippen molar-refractivity contribution < 1.29 is 13.2 Å². The number of piperidine rings is 1. The number of nitrogens with one attached hydrogen (secondary N) is 1. The van der Waals surface area contributed by atoms with Gasteiger partial charge in [-0.1, -0.05) is 53.5 Å². The normalized spacial score (nSPS) is 23.4. The van der Waals surface area contributed by atoms with Crippen molar-refractivity contribution in [3.8, 4) is 0 Å². The number of hydrogen-bond acceptors (Lipinski definition) is 4. The van der Waals surface area contributed by atoms with E-state index in [1.54, 1.807) is 0 Å². The van der Waals surface area contributed by atoms with Crippen molar-refractivity contribution in [3.05, 3.63) is 64.1 Å². The number of halogens is 2. The smallest absolute Gasteiger partial charge is 0.243 e. The van der Waals surface area contributed by atoms with Crippen molar-refractivity contribution in [1.29, 1.82) is 0 Å². The van der Waals surface area contributed by atoms with Crippen LogP contribution in [0.25, 0.3) is 0 Å². The Labute approximate surface area is 204 Å². The fourth-order valence-corrected chi connectivity index (χ4v) is 6.80. The Morgan fingerprint density at radius 2 is 1.70 bits per heavy atom. The zero-order chi connectivity index (χ0) is 23.2. The van der Waals surface area contributed by atoms with Crippen LogP contribution in [0.4, 0.5) is 0 Å². The summed E-state index contributed by atoms with van der Waals surface area (Å²) in [6, 6.07) is 14.1. The fourth-order valence-electron chi connectivity index (χ4n) is 4.97. The summed E-state index contributed by atoms with van der Waals surface area (Å²) in [5.74, 6) is 0.688. The largest absolute Gasteiger partial charge is 0.323 e. The number of carbonyl (C=O) groups is 1. The Morgan fingerprint density at radius 1 is 1.00 bits per heavy atom. The van der Waals surface area contributed by atoms with E-state index < -0.39 is 15.7 Å². The molecule has 176 valence electrons. The van der Waals surface area contributed by atoms with Gasteiger partial charge < -0.3 is 4.90 Å². The summed E-state index contributed by atoms with van der Waals surface area (Å²) in [7, 11) is -3.69. The molecule has 2 aromatic carbocycles. The van der Waals surface area contributed by atoms with Gasteiger partial charge in [0.1, 0.15) is 0 Å². The highest BCUT2D eigenvalue weighted by Crippen LogP contribution is 2.39. The molecule has 1 N–H and O–H groups in total. The van der Waals surface area contributed by atoms with Gasteiger partial charge in [0, 0.05) is 19.6 Å². The van der Waals surface area contributed by atoms with E-state index in [-0.39, 0.29) is 21.9 Å². The number of nitrogens with zero attached hydrogens (tertiary/aromatic N) is 2. The molecule has 1 atom stereocenters. The van der Waals surface area contributed by atoms with Gasteiger partial charge in [-0.05, 0) is 61.8 Å². The lowest BCUT2D eigenvalue weighted by molar-refractivity contribution is -0.133. The summed E-state index contributed by atoms with van der Waals surface area (Å²) in [4.78, 5) is 15.6. The molecule has 2 aliphatic heterocycles. The van der Waals surface area contributed by atoms with E-state index in [0.717, 1.165) is 24.9 Å². The van der Waals surface area contributed by atoms with Crippen molar-refractivity contribution in [2.24, 2.45) is 5.92 Å². The first-order chi connectivity index (χ1) is 15.8. The number of carbonyl (C=O) groups excluding carboxylic acids is 1. The van der Waals surface area contributed by atoms with Crippen LogP contribution in [0.1, 0.15) is 31.2 Å². The second-order valence-electron chi connectivity index (χ2n) is 9.29. The Morgan fingerprint density at radius 3 is 2.33 bits per heavy atom. The van der Waals surface area contributed by atoms with Crippen molar-refractivity contribution in [1.82, 2.24) is 14.5 Å². The SMILES string of the molecule is O=C1[C@H](Cc2ccccc2)NC2(CCN(S(=O)(=O)c3ccc(Cl)c(Cl)c3)CC2)N1CC1CC1. The van der Waals surface area contributed by atoms with Gasteiger partial charge in [0.15, 0.2) is 0 Å². The molecule has 9 heteroatoms. The van der Waals surface area contributed by atoms with Crippen LogP contribution in [0.2, 0.25) is 10.0 Å². The molecular formula is C24H27Cl2N3O3S. The van der Waals surface area contributed by atoms with Crippen LogP contribution in [0.15, 0.2) is 53.4 Å². The monoisotopic (exact) mass is 507 g/mol. The molecule has 0 aromatic heterocycles. The minimum absolute atomic E-state index is 0.131. The summed E-state index contributed by atoms with van der Waals surface area (Å²) >= 11 is 12.0. The molecule has 3 fully saturated rings. The van der Waals surface area contributed by atoms with Crippen LogP contribution >= 0.6 is 23.2 Å². The zero-order valence-corrected chi connectivity index (χ0v) is 20.5. The van der Waals surface area contributed by atoms with Gasteiger partial charge >= 0.3 is 0 Å². The molecule has 2 aromatic rings. The maximum Gasteiger partial charge on any atom is 0.243 e. The molecule has 2 saturated heterocycles. The molecular weight excluding hydrogens is 481 g/mol. The number of hydrogen-bond donors (Lipinski definition) is 1. The van der Waals surface area contributed by atoms with Crippen LogP contribution < -0.4 is 5.32 Å². The molecule has 6 nitrogen and oxygen atoms in total. The quantitative estimate of drug-likeness (QED) is 0.642. The molecule has 33 heavy (non-hydrogen) atoms. The van der Waals surface area contributed by atoms with Gasteiger partial charge in [-0.2, -0.15) is 4.31 Å². The van der Waals surface area contributed by atoms with Crippen molar-refractivity contribution in [3.63, 3.8) is 0 Å². The molecule has 1 amide bonds. The Bertz CT molecular complexity index is 1150. The zero-order valence-electron chi connectivity index (χ0n) is 18.2. The first kappa shape index (κ1) is 23.1. The third-order valence-corrected chi connectivity index (χ3v) is 9.66. The van der Waals surface area contributed by atoms with Crippen LogP contribution in [0, 0.1) is 5.92 Å². The molecule has 3 aliphatic rings. The van der Waals surface area contributed by atoms with Crippen molar-refractivity contribution >= 4 is 39.1 Å². The average molecular weight is 508 g/mol. The van der Waals surface area contributed by atoms with E-state index in [1.165, 1.54) is 22.5 Å². The van der Waals surface area contributed by atoms with E-state index >= 15 is 0 Å². The van der Waals surface area contributed by atoms with Gasteiger partial charge in [0.25, 0.3) is 0 Å². The second kappa shape index (κ2) is 8.86. The first-order valence-electron chi connectivity index (χ1n) is 11.4. The highest BCUT2D eigenvalue weighted by Gasteiger charge is 2.53. The molecule has 0 bridgehead atoms. The summed E-state index contributed by atoms with van der Waals surface area (Å²) in [5.41, 5.74) is 0.620. The number of amides is 1. The third kappa shape index (κ3) is 4.54. The molecule has 0 radical (unpaired) electrons. The Balaban J connectivity index is 1.34. The summed E-state index contributed by atoms with van der Waals surface area (Å²) in [6.07, 6.45) is 4.05. The summed E-state index contributed by atoms with van der Waals surface area (Å²) < 4.78 is 27.9. The lowest BCUT2D eigenvalue weighted by Crippen LogP contribution is -2.59. The van der Waals surface area contributed by atoms with Crippen LogP contribution in [-0.2, 0) is 21.2 Å². The van der Waals surface area contributed by atoms with Crippen molar-refractivity contribution in [2.75, 3.05) is 19.6 Å². The molecule has 1 saturated carbocycles. The summed E-state index contributed by atoms with van der Waals surface area (Å²) in [5, 5.41) is 4.17. The van der Waals surface area contributed by atoms with E-state index in [4.69, 9.17) is 23.2 Å². The fraction of sp³-hybridized carbons (Fsp3) is 0.458. The summed E-state index contributed by atoms with van der Waals surface area (Å²) in [6.45, 7) is 1.42. The van der Waals surface area contributed by atoms with Gasteiger partial charge in [0.2, 0.25) is 15.9 Å². The standard InChI is InChI=1S/C24H27Cl2N3O3S/c25-20-9-8-19(15-21(20)26)33(31,32)28-12-10-24(11-13-28)27-22(14-17-4-2-1-3-5-17)23(30)29(24)16-18-6-7-18/h1-5,8-9,15,18,22,27H,6-7,10-14,16H2/t22-/m0/s1. The van der Waals surface area contributed by atoms with E-state index in [0.29, 0.717) is 43.3 Å². The van der Waals surface area contributed by atoms with Crippen LogP contribution in [0.5, 0.6) is 0 Å². The molecule has 2 heterocycles. The average Bonchev–Trinajstić information content (AvgIpc) is 3.60. The Kier molecular flexibility index (Phi) is 6.20. The molecule has 0 unspecified atom stereocenters. The van der Waals surface area contributed by atoms with Gasteiger partial charge in [0.05, 0.1) is 26.6 Å². The lowest BCUT2D eigenvalue weighted by atomic mass is 9.97. The maximum atomic E-state index is 13.4. The minimum atomic E-state index is -3.69. The van der Waals surface area contributed by atoms with Crippen LogP contribution in [0.3, 0.4) is 0 Å². The number of benzene rings is 2. The second-order valence-corrected chi connectivity index (χ2v) is 12.0. The molecule has 1 spiro atoms. The topological polar surface area (TPSA) is 69.7 Å². The first-order valence-corrected chi connectivity index (χ1v) is 13.6. The molecule has 1 aliphatic carbocycles. The highest BCUT2D eigenvalue weighted by molar-refractivity contribution is 7.89. The van der Waals surface area contributed by atoms with Crippen LogP contribution in [-0.4, -0.2) is 54.9 Å². The van der Waals surface area contributed by atoms with E-state index in [2.05, 4.69) is 5.32 Å². The van der Waals surface area contributed by atoms with Gasteiger partial charge in [-0.3, -0.25) is 10.1 Å². The highest BCUT2D eigenvalue weighted by atomic mass is 35.5. The molecule has 5 rings (SSSR count). The predicted molar refractivity (Wildman–Crippen MR) is 129 cm³/mol. The van der Waals surface area contributed by atoms with Gasteiger partial charge in [-0.15, -0.1) is 0 Å². The Hall–Kier alpha value is -1.64. The lowest BCUT2D eigenvalue weighted by Gasteiger charge is -2.44. The number of sulfonamides is 1.